The van der Waals surface area contributed by atoms with Gasteiger partial charge >= 0.3 is 0 Å². The van der Waals surface area contributed by atoms with E-state index < -0.39 is 0 Å². The third-order valence-corrected chi connectivity index (χ3v) is 2.32. The van der Waals surface area contributed by atoms with Crippen LogP contribution >= 0.6 is 15.9 Å². The van der Waals surface area contributed by atoms with Gasteiger partial charge in [0.25, 0.3) is 0 Å². The molecular formula is C9H9BrN4. The van der Waals surface area contributed by atoms with Gasteiger partial charge in [0, 0.05) is 16.9 Å². The van der Waals surface area contributed by atoms with Gasteiger partial charge in [-0.15, -0.1) is 0 Å². The van der Waals surface area contributed by atoms with Gasteiger partial charge in [0.1, 0.15) is 5.65 Å². The monoisotopic (exact) mass is 252 g/mol. The average molecular weight is 253 g/mol. The average Bonchev–Trinajstić information content (AvgIpc) is 2.57. The molecule has 2 aromatic heterocycles. The van der Waals surface area contributed by atoms with Gasteiger partial charge in [-0.1, -0.05) is 0 Å². The second-order valence-electron chi connectivity index (χ2n) is 2.76. The van der Waals surface area contributed by atoms with Crippen molar-refractivity contribution in [2.45, 2.75) is 0 Å². The summed E-state index contributed by atoms with van der Waals surface area (Å²) in [6.45, 7) is 0. The maximum absolute atomic E-state index is 5.14. The van der Waals surface area contributed by atoms with Gasteiger partial charge in [0.15, 0.2) is 0 Å². The topological polar surface area (TPSA) is 55.3 Å². The molecule has 5 heteroatoms. The minimum atomic E-state index is 0.907. The summed E-state index contributed by atoms with van der Waals surface area (Å²) in [5, 5.41) is 0. The van der Waals surface area contributed by atoms with Crippen molar-refractivity contribution >= 4 is 27.7 Å². The van der Waals surface area contributed by atoms with Crippen molar-refractivity contribution < 1.29 is 0 Å². The summed E-state index contributed by atoms with van der Waals surface area (Å²) in [7, 11) is 0. The van der Waals surface area contributed by atoms with Gasteiger partial charge in [0.2, 0.25) is 0 Å². The molecular weight excluding hydrogens is 244 g/mol. The first-order valence-corrected chi connectivity index (χ1v) is 4.86. The fourth-order valence-corrected chi connectivity index (χ4v) is 1.57. The summed E-state index contributed by atoms with van der Waals surface area (Å²) in [5.41, 5.74) is 4.33. The number of nitrogens with one attached hydrogen (secondary N) is 1. The fraction of sp³-hybridized carbons (Fsp3) is 0. The van der Waals surface area contributed by atoms with Crippen LogP contribution in [0.1, 0.15) is 5.69 Å². The van der Waals surface area contributed by atoms with E-state index in [1.54, 1.807) is 12.4 Å². The van der Waals surface area contributed by atoms with Crippen LogP contribution in [0.4, 0.5) is 0 Å². The molecule has 0 radical (unpaired) electrons. The molecule has 3 N–H and O–H groups in total. The number of imidazole rings is 1. The molecule has 0 aliphatic carbocycles. The predicted molar refractivity (Wildman–Crippen MR) is 59.2 cm³/mol. The number of hydrogen-bond donors (Lipinski definition) is 2. The van der Waals surface area contributed by atoms with Crippen molar-refractivity contribution in [3.8, 4) is 0 Å². The summed E-state index contributed by atoms with van der Waals surface area (Å²) in [6, 6.07) is 3.90. The van der Waals surface area contributed by atoms with E-state index in [2.05, 4.69) is 26.3 Å². The Morgan fingerprint density at radius 1 is 1.50 bits per heavy atom. The third-order valence-electron chi connectivity index (χ3n) is 1.85. The van der Waals surface area contributed by atoms with Gasteiger partial charge in [-0.2, -0.15) is 0 Å². The Balaban J connectivity index is 2.55. The second kappa shape index (κ2) is 3.81. The number of hydrazine groups is 1. The zero-order chi connectivity index (χ0) is 9.97. The zero-order valence-electron chi connectivity index (χ0n) is 7.31. The molecule has 0 amide bonds. The summed E-state index contributed by atoms with van der Waals surface area (Å²) < 4.78 is 2.98. The number of hydrogen-bond acceptors (Lipinski definition) is 3. The number of nitrogens with two attached hydrogens (primary N) is 1. The van der Waals surface area contributed by atoms with Gasteiger partial charge in [-0.05, 0) is 34.1 Å². The third kappa shape index (κ3) is 1.64. The van der Waals surface area contributed by atoms with Crippen LogP contribution in [0, 0.1) is 0 Å². The number of halogens is 1. The molecule has 14 heavy (non-hydrogen) atoms. The molecule has 4 nitrogen and oxygen atoms in total. The summed E-state index contributed by atoms with van der Waals surface area (Å²) in [5.74, 6) is 5.14. The molecule has 0 unspecified atom stereocenters. The maximum atomic E-state index is 5.14. The Morgan fingerprint density at radius 2 is 2.36 bits per heavy atom. The summed E-state index contributed by atoms with van der Waals surface area (Å²) in [4.78, 5) is 4.23. The SMILES string of the molecule is NNC=Cc1cnc2ccc(Br)cn12. The van der Waals surface area contributed by atoms with E-state index in [1.807, 2.05) is 28.8 Å². The molecule has 2 heterocycles. The minimum absolute atomic E-state index is 0.907. The Morgan fingerprint density at radius 3 is 3.14 bits per heavy atom. The highest BCUT2D eigenvalue weighted by molar-refractivity contribution is 9.10. The number of aromatic nitrogens is 2. The number of rotatable bonds is 2. The van der Waals surface area contributed by atoms with E-state index in [1.165, 1.54) is 0 Å². The van der Waals surface area contributed by atoms with Crippen LogP contribution in [0.3, 0.4) is 0 Å². The number of pyridine rings is 1. The van der Waals surface area contributed by atoms with Gasteiger partial charge in [0.05, 0.1) is 11.9 Å². The van der Waals surface area contributed by atoms with Crippen molar-refractivity contribution in [1.29, 1.82) is 0 Å². The molecule has 0 saturated heterocycles. The number of fused-ring (bicyclic) bond motifs is 1. The van der Waals surface area contributed by atoms with Gasteiger partial charge in [-0.25, -0.2) is 4.98 Å². The molecule has 2 rings (SSSR count). The fourth-order valence-electron chi connectivity index (χ4n) is 1.23. The molecule has 2 aromatic rings. The lowest BCUT2D eigenvalue weighted by molar-refractivity contribution is 0.972. The van der Waals surface area contributed by atoms with Crippen LogP contribution in [0.5, 0.6) is 0 Å². The van der Waals surface area contributed by atoms with E-state index in [-0.39, 0.29) is 0 Å². The lowest BCUT2D eigenvalue weighted by Gasteiger charge is -1.97. The minimum Gasteiger partial charge on any atom is -0.331 e. The van der Waals surface area contributed by atoms with Crippen LogP contribution in [-0.2, 0) is 0 Å². The van der Waals surface area contributed by atoms with E-state index in [9.17, 15) is 0 Å². The molecule has 0 aliphatic rings. The summed E-state index contributed by atoms with van der Waals surface area (Å²) in [6.07, 6.45) is 7.25. The van der Waals surface area contributed by atoms with Crippen LogP contribution in [0.2, 0.25) is 0 Å². The first kappa shape index (κ1) is 9.23. The Kier molecular flexibility index (Phi) is 2.51. The maximum Gasteiger partial charge on any atom is 0.137 e. The standard InChI is InChI=1S/C9H9BrN4/c10-7-1-2-9-12-5-8(3-4-13-11)14(9)6-7/h1-6,13H,11H2. The quantitative estimate of drug-likeness (QED) is 0.630. The van der Waals surface area contributed by atoms with Crippen molar-refractivity contribution in [3.05, 3.63) is 40.9 Å². The van der Waals surface area contributed by atoms with Crippen molar-refractivity contribution in [3.63, 3.8) is 0 Å². The Labute approximate surface area is 89.5 Å². The molecule has 0 saturated carbocycles. The number of nitrogens with zero attached hydrogens (tertiary/aromatic N) is 2. The van der Waals surface area contributed by atoms with E-state index in [0.717, 1.165) is 15.8 Å². The molecule has 0 fully saturated rings. The summed E-state index contributed by atoms with van der Waals surface area (Å²) >= 11 is 3.41. The van der Waals surface area contributed by atoms with Gasteiger partial charge < -0.3 is 5.43 Å². The largest absolute Gasteiger partial charge is 0.331 e. The normalized spacial score (nSPS) is 11.3. The van der Waals surface area contributed by atoms with Crippen LogP contribution in [-0.4, -0.2) is 9.38 Å². The van der Waals surface area contributed by atoms with E-state index >= 15 is 0 Å². The molecule has 0 spiro atoms. The van der Waals surface area contributed by atoms with Gasteiger partial charge in [-0.3, -0.25) is 10.2 Å². The lowest BCUT2D eigenvalue weighted by Crippen LogP contribution is -2.12. The van der Waals surface area contributed by atoms with Crippen LogP contribution < -0.4 is 11.3 Å². The molecule has 0 aliphatic heterocycles. The first-order chi connectivity index (χ1) is 6.81. The molecule has 0 bridgehead atoms. The molecule has 72 valence electrons. The van der Waals surface area contributed by atoms with Crippen molar-refractivity contribution in [1.82, 2.24) is 14.8 Å². The Bertz CT molecular complexity index is 475. The van der Waals surface area contributed by atoms with Crippen molar-refractivity contribution in [2.24, 2.45) is 5.84 Å². The van der Waals surface area contributed by atoms with Crippen molar-refractivity contribution in [2.75, 3.05) is 0 Å². The van der Waals surface area contributed by atoms with Crippen LogP contribution in [0.15, 0.2) is 35.2 Å². The zero-order valence-corrected chi connectivity index (χ0v) is 8.90. The molecule has 0 atom stereocenters. The highest BCUT2D eigenvalue weighted by atomic mass is 79.9. The highest BCUT2D eigenvalue weighted by Gasteiger charge is 1.99. The molecule has 0 aromatic carbocycles. The Hall–Kier alpha value is -1.33. The first-order valence-electron chi connectivity index (χ1n) is 4.06. The predicted octanol–water partition coefficient (Wildman–Crippen LogP) is 1.53. The second-order valence-corrected chi connectivity index (χ2v) is 3.67. The van der Waals surface area contributed by atoms with E-state index in [4.69, 9.17) is 5.84 Å². The van der Waals surface area contributed by atoms with E-state index in [0.29, 0.717) is 0 Å². The lowest BCUT2D eigenvalue weighted by atomic mass is 10.4. The van der Waals surface area contributed by atoms with Crippen LogP contribution in [0.25, 0.3) is 11.7 Å². The highest BCUT2D eigenvalue weighted by Crippen LogP contribution is 2.14. The smallest absolute Gasteiger partial charge is 0.137 e.